The van der Waals surface area contributed by atoms with Crippen molar-refractivity contribution in [1.29, 1.82) is 0 Å². The number of halogens is 2. The molecule has 7 nitrogen and oxygen atoms in total. The number of hydrogen-bond acceptors (Lipinski definition) is 5. The molecule has 4 aromatic rings. The first kappa shape index (κ1) is 19.4. The highest BCUT2D eigenvalue weighted by Crippen LogP contribution is 2.21. The van der Waals surface area contributed by atoms with Gasteiger partial charge in [-0.15, -0.1) is 10.2 Å². The zero-order chi connectivity index (χ0) is 21.3. The van der Waals surface area contributed by atoms with Gasteiger partial charge in [-0.05, 0) is 48.9 Å². The molecular formula is C21H17F2N5O2. The van der Waals surface area contributed by atoms with Crippen LogP contribution in [0.3, 0.4) is 0 Å². The van der Waals surface area contributed by atoms with E-state index < -0.39 is 11.6 Å². The van der Waals surface area contributed by atoms with Crippen molar-refractivity contribution in [3.05, 3.63) is 82.9 Å². The summed E-state index contributed by atoms with van der Waals surface area (Å²) in [5.74, 6) is -1.01. The first-order valence-electron chi connectivity index (χ1n) is 9.10. The van der Waals surface area contributed by atoms with E-state index in [1.165, 1.54) is 12.1 Å². The minimum atomic E-state index is -0.692. The Balaban J connectivity index is 1.54. The number of carbonyl (C=O) groups is 1. The average molecular weight is 409 g/mol. The number of hydrogen-bond donors (Lipinski definition) is 1. The maximum absolute atomic E-state index is 13.3. The average Bonchev–Trinajstić information content (AvgIpc) is 3.31. The number of rotatable bonds is 5. The maximum Gasteiger partial charge on any atom is 0.268 e. The standard InChI is InChI=1S/C21H17F2N5O2/c1-12-6-19(21-26-25-13(2)30-21)27-28(12)18-5-3-4-15(9-18)20(29)24-11-14-7-16(22)10-17(23)8-14/h3-10H,11H2,1-2H3,(H,24,29). The van der Waals surface area contributed by atoms with Crippen molar-refractivity contribution >= 4 is 5.91 Å². The minimum absolute atomic E-state index is 0.000793. The highest BCUT2D eigenvalue weighted by molar-refractivity contribution is 5.94. The number of amides is 1. The van der Waals surface area contributed by atoms with Gasteiger partial charge in [-0.1, -0.05) is 6.07 Å². The Labute approximate surface area is 170 Å². The first-order chi connectivity index (χ1) is 14.4. The molecule has 0 radical (unpaired) electrons. The molecule has 0 bridgehead atoms. The second kappa shape index (κ2) is 7.86. The van der Waals surface area contributed by atoms with Crippen LogP contribution in [-0.4, -0.2) is 25.9 Å². The predicted molar refractivity (Wildman–Crippen MR) is 104 cm³/mol. The minimum Gasteiger partial charge on any atom is -0.420 e. The Morgan fingerprint density at radius 3 is 2.53 bits per heavy atom. The Morgan fingerprint density at radius 1 is 1.07 bits per heavy atom. The monoisotopic (exact) mass is 409 g/mol. The molecule has 152 valence electrons. The van der Waals surface area contributed by atoms with Gasteiger partial charge in [0.2, 0.25) is 5.89 Å². The molecule has 2 aromatic heterocycles. The van der Waals surface area contributed by atoms with Crippen molar-refractivity contribution in [3.8, 4) is 17.3 Å². The summed E-state index contributed by atoms with van der Waals surface area (Å²) < 4.78 is 33.7. The molecule has 0 aliphatic rings. The van der Waals surface area contributed by atoms with Gasteiger partial charge in [-0.25, -0.2) is 13.5 Å². The second-order valence-corrected chi connectivity index (χ2v) is 6.72. The summed E-state index contributed by atoms with van der Waals surface area (Å²) in [6.45, 7) is 3.56. The predicted octanol–water partition coefficient (Wildman–Crippen LogP) is 3.75. The van der Waals surface area contributed by atoms with Gasteiger partial charge in [0.05, 0.1) is 5.69 Å². The van der Waals surface area contributed by atoms with Gasteiger partial charge in [0.1, 0.15) is 17.3 Å². The molecule has 1 amide bonds. The van der Waals surface area contributed by atoms with Gasteiger partial charge in [0.25, 0.3) is 11.8 Å². The van der Waals surface area contributed by atoms with Crippen LogP contribution in [0.1, 0.15) is 27.5 Å². The third-order valence-electron chi connectivity index (χ3n) is 4.36. The molecule has 0 saturated carbocycles. The van der Waals surface area contributed by atoms with Gasteiger partial charge in [-0.3, -0.25) is 4.79 Å². The van der Waals surface area contributed by atoms with E-state index in [9.17, 15) is 13.6 Å². The SMILES string of the molecule is Cc1nnc(-c2cc(C)n(-c3cccc(C(=O)NCc4cc(F)cc(F)c4)c3)n2)o1. The fourth-order valence-electron chi connectivity index (χ4n) is 3.02. The van der Waals surface area contributed by atoms with Crippen molar-refractivity contribution in [1.82, 2.24) is 25.3 Å². The molecule has 0 aliphatic heterocycles. The van der Waals surface area contributed by atoms with Crippen LogP contribution in [0.25, 0.3) is 17.3 Å². The normalized spacial score (nSPS) is 10.9. The molecule has 0 atom stereocenters. The summed E-state index contributed by atoms with van der Waals surface area (Å²) >= 11 is 0. The number of nitrogens with zero attached hydrogens (tertiary/aromatic N) is 4. The lowest BCUT2D eigenvalue weighted by Gasteiger charge is -2.09. The second-order valence-electron chi connectivity index (χ2n) is 6.72. The van der Waals surface area contributed by atoms with Crippen molar-refractivity contribution in [2.24, 2.45) is 0 Å². The van der Waals surface area contributed by atoms with Crippen molar-refractivity contribution in [3.63, 3.8) is 0 Å². The fourth-order valence-corrected chi connectivity index (χ4v) is 3.02. The number of aromatic nitrogens is 4. The molecule has 2 aromatic carbocycles. The van der Waals surface area contributed by atoms with Gasteiger partial charge < -0.3 is 9.73 Å². The summed E-state index contributed by atoms with van der Waals surface area (Å²) in [4.78, 5) is 12.5. The lowest BCUT2D eigenvalue weighted by Crippen LogP contribution is -2.23. The summed E-state index contributed by atoms with van der Waals surface area (Å²) in [6.07, 6.45) is 0. The lowest BCUT2D eigenvalue weighted by molar-refractivity contribution is 0.0950. The summed E-state index contributed by atoms with van der Waals surface area (Å²) in [6, 6.07) is 11.8. The van der Waals surface area contributed by atoms with Crippen LogP contribution >= 0.6 is 0 Å². The largest absolute Gasteiger partial charge is 0.420 e. The molecule has 30 heavy (non-hydrogen) atoms. The van der Waals surface area contributed by atoms with Crippen molar-refractivity contribution in [2.45, 2.75) is 20.4 Å². The highest BCUT2D eigenvalue weighted by Gasteiger charge is 2.14. The molecular weight excluding hydrogens is 392 g/mol. The zero-order valence-corrected chi connectivity index (χ0v) is 16.2. The molecule has 0 unspecified atom stereocenters. The van der Waals surface area contributed by atoms with Crippen LogP contribution in [0, 0.1) is 25.5 Å². The summed E-state index contributed by atoms with van der Waals surface area (Å²) in [7, 11) is 0. The summed E-state index contributed by atoms with van der Waals surface area (Å²) in [5, 5.41) is 14.9. The Bertz CT molecular complexity index is 1210. The molecule has 4 rings (SSSR count). The zero-order valence-electron chi connectivity index (χ0n) is 16.2. The van der Waals surface area contributed by atoms with Crippen LogP contribution in [0.2, 0.25) is 0 Å². The molecule has 2 heterocycles. The molecule has 0 saturated heterocycles. The summed E-state index contributed by atoms with van der Waals surface area (Å²) in [5.41, 5.74) is 2.72. The van der Waals surface area contributed by atoms with Gasteiger partial charge in [0.15, 0.2) is 0 Å². The van der Waals surface area contributed by atoms with E-state index in [0.29, 0.717) is 34.3 Å². The van der Waals surface area contributed by atoms with Crippen LogP contribution in [0.5, 0.6) is 0 Å². The number of carbonyl (C=O) groups excluding carboxylic acids is 1. The number of nitrogens with one attached hydrogen (secondary N) is 1. The Kier molecular flexibility index (Phi) is 5.09. The van der Waals surface area contributed by atoms with Crippen LogP contribution in [-0.2, 0) is 6.54 Å². The third kappa shape index (κ3) is 4.09. The third-order valence-corrected chi connectivity index (χ3v) is 4.36. The topological polar surface area (TPSA) is 85.8 Å². The highest BCUT2D eigenvalue weighted by atomic mass is 19.1. The number of benzene rings is 2. The van der Waals surface area contributed by atoms with E-state index in [2.05, 4.69) is 20.6 Å². The van der Waals surface area contributed by atoms with Crippen molar-refractivity contribution < 1.29 is 18.0 Å². The van der Waals surface area contributed by atoms with Crippen LogP contribution in [0.4, 0.5) is 8.78 Å². The fraction of sp³-hybridized carbons (Fsp3) is 0.143. The quantitative estimate of drug-likeness (QED) is 0.543. The smallest absolute Gasteiger partial charge is 0.268 e. The molecule has 0 fully saturated rings. The van der Waals surface area contributed by atoms with E-state index in [1.807, 2.05) is 13.0 Å². The van der Waals surface area contributed by atoms with Crippen LogP contribution < -0.4 is 5.32 Å². The molecule has 0 aliphatic carbocycles. The van der Waals surface area contributed by atoms with E-state index in [-0.39, 0.29) is 12.5 Å². The van der Waals surface area contributed by atoms with E-state index >= 15 is 0 Å². The maximum atomic E-state index is 13.3. The Morgan fingerprint density at radius 2 is 1.83 bits per heavy atom. The van der Waals surface area contributed by atoms with Gasteiger partial charge >= 0.3 is 0 Å². The van der Waals surface area contributed by atoms with E-state index in [1.54, 1.807) is 35.9 Å². The van der Waals surface area contributed by atoms with Crippen LogP contribution in [0.15, 0.2) is 52.9 Å². The van der Waals surface area contributed by atoms with Gasteiger partial charge in [-0.2, -0.15) is 5.10 Å². The molecule has 1 N–H and O–H groups in total. The molecule has 0 spiro atoms. The van der Waals surface area contributed by atoms with Gasteiger partial charge in [0, 0.05) is 30.8 Å². The van der Waals surface area contributed by atoms with E-state index in [4.69, 9.17) is 4.42 Å². The Hall–Kier alpha value is -3.88. The molecule has 9 heteroatoms. The van der Waals surface area contributed by atoms with E-state index in [0.717, 1.165) is 11.8 Å². The van der Waals surface area contributed by atoms with Crippen molar-refractivity contribution in [2.75, 3.05) is 0 Å². The lowest BCUT2D eigenvalue weighted by atomic mass is 10.1. The first-order valence-corrected chi connectivity index (χ1v) is 9.10. The number of aryl methyl sites for hydroxylation is 2.